The van der Waals surface area contributed by atoms with Crippen LogP contribution in [0.4, 0.5) is 10.5 Å². The van der Waals surface area contributed by atoms with Gasteiger partial charge in [-0.2, -0.15) is 0 Å². The number of carbonyl (C=O) groups excluding carboxylic acids is 2. The molecular formula is C20H24N2O4. The number of methoxy groups -OCH3 is 1. The number of nitrogens with one attached hydrogen (secondary N) is 1. The Kier molecular flexibility index (Phi) is 5.87. The van der Waals surface area contributed by atoms with Gasteiger partial charge in [0.1, 0.15) is 11.4 Å². The predicted octanol–water partition coefficient (Wildman–Crippen LogP) is 3.74. The Morgan fingerprint density at radius 3 is 2.00 bits per heavy atom. The molecule has 0 fully saturated rings. The number of fused-ring (bicyclic) bond motifs is 1. The van der Waals surface area contributed by atoms with E-state index >= 15 is 0 Å². The van der Waals surface area contributed by atoms with E-state index < -0.39 is 17.6 Å². The molecule has 6 nitrogen and oxygen atoms in total. The molecule has 1 aromatic carbocycles. The van der Waals surface area contributed by atoms with Crippen LogP contribution in [0.25, 0.3) is 11.1 Å². The summed E-state index contributed by atoms with van der Waals surface area (Å²) in [7, 11) is 1.47. The minimum Gasteiger partial charge on any atom is -0.495 e. The first-order chi connectivity index (χ1) is 12.2. The summed E-state index contributed by atoms with van der Waals surface area (Å²) in [4.78, 5) is 22.9. The van der Waals surface area contributed by atoms with Crippen LogP contribution in [0.5, 0.6) is 5.75 Å². The number of rotatable bonds is 4. The van der Waals surface area contributed by atoms with Gasteiger partial charge < -0.3 is 20.5 Å². The van der Waals surface area contributed by atoms with Crippen LogP contribution < -0.4 is 15.8 Å². The molecule has 0 atom stereocenters. The molecule has 26 heavy (non-hydrogen) atoms. The molecule has 138 valence electrons. The van der Waals surface area contributed by atoms with Crippen LogP contribution in [0.15, 0.2) is 42.5 Å². The lowest BCUT2D eigenvalue weighted by atomic mass is 9.95. The Labute approximate surface area is 153 Å². The SMILES string of the molecule is COc1cccc(CC(=O)OC(C)(C)C)c1NC(N)=O.c1cc2ccc1-2. The maximum Gasteiger partial charge on any atom is 0.316 e. The molecule has 1 aromatic rings. The number of nitrogens with two attached hydrogens (primary N) is 1. The second-order valence-electron chi connectivity index (χ2n) is 6.82. The van der Waals surface area contributed by atoms with Gasteiger partial charge in [-0.3, -0.25) is 4.79 Å². The number of primary amides is 1. The van der Waals surface area contributed by atoms with Gasteiger partial charge >= 0.3 is 12.0 Å². The molecule has 0 unspecified atom stereocenters. The van der Waals surface area contributed by atoms with Crippen molar-refractivity contribution in [1.82, 2.24) is 0 Å². The minimum absolute atomic E-state index is 0.0179. The normalized spacial score (nSPS) is 10.9. The number of carbonyl (C=O) groups is 2. The zero-order valence-electron chi connectivity index (χ0n) is 15.5. The summed E-state index contributed by atoms with van der Waals surface area (Å²) in [5, 5.41) is 2.47. The summed E-state index contributed by atoms with van der Waals surface area (Å²) in [5.74, 6) is 0.0446. The van der Waals surface area contributed by atoms with Gasteiger partial charge in [-0.05, 0) is 43.5 Å². The molecule has 0 heterocycles. The van der Waals surface area contributed by atoms with Gasteiger partial charge in [-0.25, -0.2) is 4.79 Å². The first kappa shape index (κ1) is 19.3. The van der Waals surface area contributed by atoms with E-state index in [-0.39, 0.29) is 6.42 Å². The highest BCUT2D eigenvalue weighted by molar-refractivity contribution is 5.92. The Balaban J connectivity index is 0.000000331. The van der Waals surface area contributed by atoms with Gasteiger partial charge in [0, 0.05) is 0 Å². The van der Waals surface area contributed by atoms with Gasteiger partial charge in [0.15, 0.2) is 0 Å². The third-order valence-corrected chi connectivity index (χ3v) is 3.55. The second kappa shape index (κ2) is 7.91. The average Bonchev–Trinajstić information content (AvgIpc) is 2.50. The Bertz CT molecular complexity index is 771. The molecule has 0 saturated carbocycles. The van der Waals surface area contributed by atoms with E-state index in [9.17, 15) is 9.59 Å². The number of urea groups is 1. The zero-order valence-corrected chi connectivity index (χ0v) is 15.5. The first-order valence-corrected chi connectivity index (χ1v) is 8.24. The molecular weight excluding hydrogens is 332 g/mol. The van der Waals surface area contributed by atoms with Crippen molar-refractivity contribution in [2.75, 3.05) is 12.4 Å². The molecule has 0 aliphatic heterocycles. The van der Waals surface area contributed by atoms with Crippen molar-refractivity contribution in [3.63, 3.8) is 0 Å². The van der Waals surface area contributed by atoms with E-state index in [4.69, 9.17) is 15.2 Å². The Morgan fingerprint density at radius 1 is 1.04 bits per heavy atom. The van der Waals surface area contributed by atoms with Crippen molar-refractivity contribution in [3.8, 4) is 16.9 Å². The molecule has 0 bridgehead atoms. The number of hydrogen-bond acceptors (Lipinski definition) is 4. The lowest BCUT2D eigenvalue weighted by Crippen LogP contribution is -2.26. The van der Waals surface area contributed by atoms with Gasteiger partial charge in [0.05, 0.1) is 19.2 Å². The van der Waals surface area contributed by atoms with E-state index in [0.29, 0.717) is 17.0 Å². The van der Waals surface area contributed by atoms with Crippen molar-refractivity contribution in [3.05, 3.63) is 48.0 Å². The van der Waals surface area contributed by atoms with E-state index in [1.165, 1.54) is 18.2 Å². The van der Waals surface area contributed by atoms with Crippen molar-refractivity contribution in [2.45, 2.75) is 32.8 Å². The highest BCUT2D eigenvalue weighted by atomic mass is 16.6. The average molecular weight is 356 g/mol. The van der Waals surface area contributed by atoms with Crippen LogP contribution in [-0.2, 0) is 16.0 Å². The smallest absolute Gasteiger partial charge is 0.316 e. The van der Waals surface area contributed by atoms with Crippen LogP contribution in [0, 0.1) is 0 Å². The summed E-state index contributed by atoms with van der Waals surface area (Å²) >= 11 is 0. The number of benzene rings is 2. The van der Waals surface area contributed by atoms with Crippen LogP contribution in [0.3, 0.4) is 0 Å². The Hall–Kier alpha value is -3.02. The van der Waals surface area contributed by atoms with Gasteiger partial charge in [-0.1, -0.05) is 36.4 Å². The van der Waals surface area contributed by atoms with Crippen molar-refractivity contribution >= 4 is 17.7 Å². The van der Waals surface area contributed by atoms with E-state index in [2.05, 4.69) is 29.6 Å². The van der Waals surface area contributed by atoms with Crippen molar-refractivity contribution in [2.24, 2.45) is 5.73 Å². The molecule has 2 aliphatic carbocycles. The molecule has 0 saturated heterocycles. The fourth-order valence-corrected chi connectivity index (χ4v) is 2.35. The monoisotopic (exact) mass is 356 g/mol. The third kappa shape index (κ3) is 5.24. The number of esters is 1. The fraction of sp³-hybridized carbons (Fsp3) is 0.300. The summed E-state index contributed by atoms with van der Waals surface area (Å²) < 4.78 is 10.4. The summed E-state index contributed by atoms with van der Waals surface area (Å²) in [6, 6.07) is 12.9. The summed E-state index contributed by atoms with van der Waals surface area (Å²) in [5.41, 5.74) is 8.38. The first-order valence-electron chi connectivity index (χ1n) is 8.24. The maximum absolute atomic E-state index is 11.9. The number of anilines is 1. The minimum atomic E-state index is -0.722. The number of amides is 2. The number of ether oxygens (including phenoxy) is 2. The van der Waals surface area contributed by atoms with Crippen molar-refractivity contribution in [1.29, 1.82) is 0 Å². The van der Waals surface area contributed by atoms with Gasteiger partial charge in [0.2, 0.25) is 0 Å². The summed E-state index contributed by atoms with van der Waals surface area (Å²) in [6.45, 7) is 5.37. The third-order valence-electron chi connectivity index (χ3n) is 3.55. The van der Waals surface area contributed by atoms with Crippen LogP contribution in [0.2, 0.25) is 0 Å². The highest BCUT2D eigenvalue weighted by Gasteiger charge is 2.19. The lowest BCUT2D eigenvalue weighted by molar-refractivity contribution is -0.153. The molecule has 2 amide bonds. The summed E-state index contributed by atoms with van der Waals surface area (Å²) in [6.07, 6.45) is 0.0179. The van der Waals surface area contributed by atoms with Crippen LogP contribution in [-0.4, -0.2) is 24.7 Å². The maximum atomic E-state index is 11.9. The lowest BCUT2D eigenvalue weighted by Gasteiger charge is -2.20. The predicted molar refractivity (Wildman–Crippen MR) is 101 cm³/mol. The van der Waals surface area contributed by atoms with E-state index in [0.717, 1.165) is 0 Å². The van der Waals surface area contributed by atoms with Crippen LogP contribution in [0.1, 0.15) is 26.3 Å². The molecule has 0 radical (unpaired) electrons. The zero-order chi connectivity index (χ0) is 19.3. The molecule has 0 spiro atoms. The van der Waals surface area contributed by atoms with E-state index in [1.807, 2.05) is 0 Å². The van der Waals surface area contributed by atoms with Crippen molar-refractivity contribution < 1.29 is 19.1 Å². The van der Waals surface area contributed by atoms with Gasteiger partial charge in [0.25, 0.3) is 0 Å². The largest absolute Gasteiger partial charge is 0.495 e. The van der Waals surface area contributed by atoms with Gasteiger partial charge in [-0.15, -0.1) is 0 Å². The second-order valence-corrected chi connectivity index (χ2v) is 6.82. The number of para-hydroxylation sites is 1. The topological polar surface area (TPSA) is 90.7 Å². The quantitative estimate of drug-likeness (QED) is 0.697. The molecule has 3 rings (SSSR count). The molecule has 3 N–H and O–H groups in total. The standard InChI is InChI=1S/C14H20N2O4.C6H4/c1-14(2,3)20-11(17)8-9-6-5-7-10(19-4)12(9)16-13(15)18;1-2-6-4-3-5(1)6/h5-7H,8H2,1-4H3,(H3,15,16,18);1-4H. The molecule has 6 heteroatoms. The fourth-order valence-electron chi connectivity index (χ4n) is 2.35. The highest BCUT2D eigenvalue weighted by Crippen LogP contribution is 2.30. The van der Waals surface area contributed by atoms with E-state index in [1.54, 1.807) is 39.0 Å². The Morgan fingerprint density at radius 2 is 1.62 bits per heavy atom. The van der Waals surface area contributed by atoms with Crippen LogP contribution >= 0.6 is 0 Å². The number of hydrogen-bond donors (Lipinski definition) is 2. The molecule has 0 aromatic heterocycles. The molecule has 2 aliphatic rings.